The maximum atomic E-state index is 13.7. The summed E-state index contributed by atoms with van der Waals surface area (Å²) < 4.78 is 25.5. The first-order valence-electron chi connectivity index (χ1n) is 13.5. The van der Waals surface area contributed by atoms with Crippen molar-refractivity contribution < 1.29 is 18.6 Å². The van der Waals surface area contributed by atoms with E-state index in [2.05, 4.69) is 21.0 Å². The normalized spacial score (nSPS) is 11.5. The number of halogens is 3. The van der Waals surface area contributed by atoms with Crippen molar-refractivity contribution in [3.63, 3.8) is 0 Å². The fraction of sp³-hybridized carbons (Fsp3) is 0.121. The maximum absolute atomic E-state index is 13.7. The van der Waals surface area contributed by atoms with Gasteiger partial charge in [0, 0.05) is 0 Å². The quantitative estimate of drug-likeness (QED) is 0.141. The molecule has 0 saturated heterocycles. The molecule has 0 radical (unpaired) electrons. The highest BCUT2D eigenvalue weighted by Gasteiger charge is 2.18. The minimum atomic E-state index is -0.347. The van der Waals surface area contributed by atoms with Crippen molar-refractivity contribution in [1.82, 2.24) is 9.66 Å². The van der Waals surface area contributed by atoms with Gasteiger partial charge in [0.05, 0.1) is 50.7 Å². The van der Waals surface area contributed by atoms with Crippen LogP contribution in [0.15, 0.2) is 97.6 Å². The third-order valence-electron chi connectivity index (χ3n) is 6.74. The lowest BCUT2D eigenvalue weighted by Gasteiger charge is -2.15. The molecule has 0 aliphatic rings. The molecule has 8 nitrogen and oxygen atoms in total. The Morgan fingerprint density at radius 2 is 1.80 bits per heavy atom. The van der Waals surface area contributed by atoms with Gasteiger partial charge >= 0.3 is 0 Å². The van der Waals surface area contributed by atoms with Crippen molar-refractivity contribution >= 4 is 67.2 Å². The van der Waals surface area contributed by atoms with E-state index in [0.717, 1.165) is 10.9 Å². The number of hydrogen-bond acceptors (Lipinski definition) is 7. The summed E-state index contributed by atoms with van der Waals surface area (Å²) in [4.78, 5) is 18.5. The van der Waals surface area contributed by atoms with Crippen LogP contribution in [0.5, 0.6) is 17.2 Å². The van der Waals surface area contributed by atoms with Crippen molar-refractivity contribution in [2.75, 3.05) is 13.7 Å². The summed E-state index contributed by atoms with van der Waals surface area (Å²) in [5.41, 5.74) is 2.27. The fourth-order valence-corrected chi connectivity index (χ4v) is 5.58. The monoisotopic (exact) mass is 691 g/mol. The molecule has 2 aromatic heterocycles. The van der Waals surface area contributed by atoms with Gasteiger partial charge < -0.3 is 18.6 Å². The van der Waals surface area contributed by atoms with Gasteiger partial charge in [0.1, 0.15) is 17.9 Å². The number of benzene rings is 4. The number of methoxy groups -OCH3 is 1. The number of furan rings is 1. The number of para-hydroxylation sites is 1. The Labute approximate surface area is 270 Å². The molecule has 0 bridgehead atoms. The first-order valence-corrected chi connectivity index (χ1v) is 15.1. The Morgan fingerprint density at radius 1 is 0.955 bits per heavy atom. The van der Waals surface area contributed by atoms with E-state index in [0.29, 0.717) is 66.2 Å². The lowest BCUT2D eigenvalue weighted by molar-refractivity contribution is 0.267. The Hall–Kier alpha value is -4.31. The van der Waals surface area contributed by atoms with Gasteiger partial charge in [-0.3, -0.25) is 4.79 Å². The van der Waals surface area contributed by atoms with Gasteiger partial charge in [0.15, 0.2) is 17.3 Å². The molecule has 222 valence electrons. The molecule has 6 rings (SSSR count). The van der Waals surface area contributed by atoms with Crippen LogP contribution in [0.25, 0.3) is 33.5 Å². The van der Waals surface area contributed by atoms with Gasteiger partial charge in [-0.25, -0.2) is 4.98 Å². The summed E-state index contributed by atoms with van der Waals surface area (Å²) >= 11 is 15.8. The topological polar surface area (TPSA) is 88.1 Å². The van der Waals surface area contributed by atoms with Crippen LogP contribution in [-0.4, -0.2) is 29.6 Å². The Kier molecular flexibility index (Phi) is 8.61. The van der Waals surface area contributed by atoms with E-state index in [1.54, 1.807) is 55.8 Å². The van der Waals surface area contributed by atoms with Crippen LogP contribution in [0.2, 0.25) is 10.0 Å². The van der Waals surface area contributed by atoms with E-state index in [9.17, 15) is 4.79 Å². The lowest BCUT2D eigenvalue weighted by atomic mass is 10.2. The Bertz CT molecular complexity index is 2110. The molecule has 11 heteroatoms. The van der Waals surface area contributed by atoms with Crippen LogP contribution in [0.4, 0.5) is 0 Å². The third kappa shape index (κ3) is 5.91. The van der Waals surface area contributed by atoms with Crippen LogP contribution in [0.3, 0.4) is 0 Å². The lowest BCUT2D eigenvalue weighted by Crippen LogP contribution is -2.20. The Morgan fingerprint density at radius 3 is 2.59 bits per heavy atom. The van der Waals surface area contributed by atoms with Crippen LogP contribution < -0.4 is 19.8 Å². The molecular formula is C33H24BrCl2N3O5. The molecule has 0 amide bonds. The summed E-state index contributed by atoms with van der Waals surface area (Å²) in [6.45, 7) is 2.53. The van der Waals surface area contributed by atoms with Crippen molar-refractivity contribution in [3.8, 4) is 28.8 Å². The van der Waals surface area contributed by atoms with Crippen LogP contribution in [0.1, 0.15) is 18.1 Å². The first-order chi connectivity index (χ1) is 21.4. The van der Waals surface area contributed by atoms with E-state index in [4.69, 9.17) is 46.8 Å². The average Bonchev–Trinajstić information content (AvgIpc) is 3.46. The first kappa shape index (κ1) is 29.7. The van der Waals surface area contributed by atoms with Gasteiger partial charge in [-0.05, 0) is 88.6 Å². The zero-order valence-electron chi connectivity index (χ0n) is 23.5. The van der Waals surface area contributed by atoms with Crippen molar-refractivity contribution in [3.05, 3.63) is 115 Å². The van der Waals surface area contributed by atoms with Gasteiger partial charge in [-0.2, -0.15) is 9.78 Å². The average molecular weight is 693 g/mol. The van der Waals surface area contributed by atoms with E-state index in [-0.39, 0.29) is 18.0 Å². The molecule has 0 spiro atoms. The Balaban J connectivity index is 1.40. The maximum Gasteiger partial charge on any atom is 0.282 e. The second-order valence-electron chi connectivity index (χ2n) is 9.60. The number of rotatable bonds is 9. The second-order valence-corrected chi connectivity index (χ2v) is 11.3. The highest BCUT2D eigenvalue weighted by atomic mass is 79.9. The summed E-state index contributed by atoms with van der Waals surface area (Å²) in [5, 5.41) is 6.67. The highest BCUT2D eigenvalue weighted by Crippen LogP contribution is 2.38. The highest BCUT2D eigenvalue weighted by molar-refractivity contribution is 9.10. The van der Waals surface area contributed by atoms with E-state index < -0.39 is 0 Å². The summed E-state index contributed by atoms with van der Waals surface area (Å²) in [6, 6.07) is 23.3. The van der Waals surface area contributed by atoms with Gasteiger partial charge in [-0.15, -0.1) is 0 Å². The number of nitrogens with zero attached hydrogens (tertiary/aromatic N) is 3. The fourth-order valence-electron chi connectivity index (χ4n) is 4.69. The van der Waals surface area contributed by atoms with Crippen LogP contribution in [-0.2, 0) is 6.61 Å². The van der Waals surface area contributed by atoms with Crippen molar-refractivity contribution in [1.29, 1.82) is 0 Å². The molecule has 0 aliphatic heterocycles. The molecule has 2 heterocycles. The molecule has 44 heavy (non-hydrogen) atoms. The van der Waals surface area contributed by atoms with E-state index in [1.165, 1.54) is 4.68 Å². The van der Waals surface area contributed by atoms with Gasteiger partial charge in [0.25, 0.3) is 5.56 Å². The molecule has 6 aromatic rings. The molecule has 0 unspecified atom stereocenters. The number of aromatic nitrogens is 2. The molecule has 0 saturated carbocycles. The van der Waals surface area contributed by atoms with E-state index in [1.807, 2.05) is 43.3 Å². The standard InChI is InChI=1S/C33H24BrCl2N3O5/c1-3-42-29-15-20(13-23(34)31(29)43-18-19-11-12-24(35)25(36)14-19)17-37-39-32(38-26-8-5-4-7-21(26)33(39)40)30-16-22-27(41-2)9-6-10-28(22)44-30/h4-17H,3,18H2,1-2H3. The predicted molar refractivity (Wildman–Crippen MR) is 177 cm³/mol. The number of ether oxygens (including phenoxy) is 3. The number of fused-ring (bicyclic) bond motifs is 2. The van der Waals surface area contributed by atoms with Crippen molar-refractivity contribution in [2.24, 2.45) is 5.10 Å². The predicted octanol–water partition coefficient (Wildman–Crippen LogP) is 8.75. The zero-order chi connectivity index (χ0) is 30.8. The van der Waals surface area contributed by atoms with Crippen molar-refractivity contribution in [2.45, 2.75) is 13.5 Å². The summed E-state index contributed by atoms with van der Waals surface area (Å²) in [6.07, 6.45) is 1.56. The molecule has 4 aromatic carbocycles. The largest absolute Gasteiger partial charge is 0.496 e. The van der Waals surface area contributed by atoms with Gasteiger partial charge in [-0.1, -0.05) is 47.5 Å². The van der Waals surface area contributed by atoms with Gasteiger partial charge in [0.2, 0.25) is 5.82 Å². The minimum absolute atomic E-state index is 0.243. The van der Waals surface area contributed by atoms with Crippen LogP contribution in [0, 0.1) is 0 Å². The van der Waals surface area contributed by atoms with Crippen LogP contribution >= 0.6 is 39.1 Å². The smallest absolute Gasteiger partial charge is 0.282 e. The van der Waals surface area contributed by atoms with E-state index >= 15 is 0 Å². The minimum Gasteiger partial charge on any atom is -0.496 e. The zero-order valence-corrected chi connectivity index (χ0v) is 26.6. The molecular weight excluding hydrogens is 669 g/mol. The molecule has 0 fully saturated rings. The number of hydrogen-bond donors (Lipinski definition) is 0. The second kappa shape index (κ2) is 12.7. The molecule has 0 atom stereocenters. The summed E-state index contributed by atoms with van der Waals surface area (Å²) in [5.74, 6) is 2.26. The SMILES string of the molecule is CCOc1cc(C=Nn2c(-c3cc4c(OC)cccc4o3)nc3ccccc3c2=O)cc(Br)c1OCc1ccc(Cl)c(Cl)c1. The summed E-state index contributed by atoms with van der Waals surface area (Å²) in [7, 11) is 1.59. The molecule has 0 N–H and O–H groups in total. The molecule has 0 aliphatic carbocycles. The third-order valence-corrected chi connectivity index (χ3v) is 8.06.